The first kappa shape index (κ1) is 16.2. The van der Waals surface area contributed by atoms with Gasteiger partial charge in [-0.05, 0) is 30.0 Å². The Bertz CT molecular complexity index is 636. The fraction of sp³-hybridized carbons (Fsp3) is 0.400. The van der Waals surface area contributed by atoms with Gasteiger partial charge in [0, 0.05) is 12.8 Å². The first-order valence-electron chi connectivity index (χ1n) is 8.23. The molecule has 3 atom stereocenters. The molecule has 3 rings (SSSR count). The van der Waals surface area contributed by atoms with Gasteiger partial charge < -0.3 is 14.9 Å². The van der Waals surface area contributed by atoms with E-state index in [0.717, 1.165) is 12.0 Å². The summed E-state index contributed by atoms with van der Waals surface area (Å²) in [6, 6.07) is 16.9. The van der Waals surface area contributed by atoms with Crippen LogP contribution in [-0.4, -0.2) is 29.0 Å². The predicted octanol–water partition coefficient (Wildman–Crippen LogP) is 3.16. The highest BCUT2D eigenvalue weighted by Crippen LogP contribution is 2.32. The second-order valence-corrected chi connectivity index (χ2v) is 6.46. The van der Waals surface area contributed by atoms with Crippen molar-refractivity contribution in [1.29, 1.82) is 0 Å². The standard InChI is InChI=1S/C20H24O3/c1-14-5-7-15(8-6-14)9-16-3-2-4-17(10-16)20-12-18(22)11-19(13-21)23-20/h2-8,10,18-22H,9,11-13H2,1H3. The van der Waals surface area contributed by atoms with E-state index in [4.69, 9.17) is 4.74 Å². The van der Waals surface area contributed by atoms with E-state index >= 15 is 0 Å². The second kappa shape index (κ2) is 7.26. The van der Waals surface area contributed by atoms with Gasteiger partial charge >= 0.3 is 0 Å². The lowest BCUT2D eigenvalue weighted by atomic mass is 9.94. The summed E-state index contributed by atoms with van der Waals surface area (Å²) < 4.78 is 5.90. The van der Waals surface area contributed by atoms with Crippen LogP contribution >= 0.6 is 0 Å². The van der Waals surface area contributed by atoms with Gasteiger partial charge in [0.15, 0.2) is 0 Å². The summed E-state index contributed by atoms with van der Waals surface area (Å²) in [6.45, 7) is 2.05. The molecule has 122 valence electrons. The van der Waals surface area contributed by atoms with Gasteiger partial charge in [-0.2, -0.15) is 0 Å². The molecule has 0 saturated carbocycles. The largest absolute Gasteiger partial charge is 0.394 e. The predicted molar refractivity (Wildman–Crippen MR) is 90.4 cm³/mol. The van der Waals surface area contributed by atoms with Crippen LogP contribution in [0.4, 0.5) is 0 Å². The van der Waals surface area contributed by atoms with Crippen molar-refractivity contribution in [2.45, 2.75) is 44.5 Å². The molecule has 2 N–H and O–H groups in total. The smallest absolute Gasteiger partial charge is 0.0854 e. The number of benzene rings is 2. The van der Waals surface area contributed by atoms with Crippen LogP contribution in [0, 0.1) is 6.92 Å². The molecule has 0 amide bonds. The lowest BCUT2D eigenvalue weighted by Crippen LogP contribution is -2.33. The highest BCUT2D eigenvalue weighted by atomic mass is 16.5. The molecule has 1 aliphatic heterocycles. The van der Waals surface area contributed by atoms with Crippen LogP contribution in [0.25, 0.3) is 0 Å². The second-order valence-electron chi connectivity index (χ2n) is 6.46. The third-order valence-corrected chi connectivity index (χ3v) is 4.43. The van der Waals surface area contributed by atoms with Crippen molar-refractivity contribution in [3.05, 3.63) is 70.8 Å². The topological polar surface area (TPSA) is 49.7 Å². The Morgan fingerprint density at radius 2 is 1.83 bits per heavy atom. The molecule has 0 spiro atoms. The van der Waals surface area contributed by atoms with E-state index in [1.807, 2.05) is 12.1 Å². The Kier molecular flexibility index (Phi) is 5.11. The van der Waals surface area contributed by atoms with E-state index in [1.54, 1.807) is 0 Å². The molecule has 2 aromatic carbocycles. The Hall–Kier alpha value is -1.68. The zero-order chi connectivity index (χ0) is 16.2. The van der Waals surface area contributed by atoms with Crippen LogP contribution in [0.3, 0.4) is 0 Å². The van der Waals surface area contributed by atoms with Crippen molar-refractivity contribution in [2.75, 3.05) is 6.61 Å². The van der Waals surface area contributed by atoms with E-state index < -0.39 is 6.10 Å². The van der Waals surface area contributed by atoms with Gasteiger partial charge in [-0.1, -0.05) is 54.1 Å². The molecule has 1 saturated heterocycles. The summed E-state index contributed by atoms with van der Waals surface area (Å²) in [4.78, 5) is 0. The van der Waals surface area contributed by atoms with Crippen molar-refractivity contribution in [1.82, 2.24) is 0 Å². The molecule has 0 aromatic heterocycles. The Morgan fingerprint density at radius 1 is 1.04 bits per heavy atom. The van der Waals surface area contributed by atoms with Gasteiger partial charge in [0.2, 0.25) is 0 Å². The zero-order valence-corrected chi connectivity index (χ0v) is 13.5. The molecule has 3 nitrogen and oxygen atoms in total. The molecule has 1 aliphatic rings. The minimum absolute atomic E-state index is 0.0450. The van der Waals surface area contributed by atoms with Crippen molar-refractivity contribution in [3.8, 4) is 0 Å². The van der Waals surface area contributed by atoms with Crippen LogP contribution in [-0.2, 0) is 11.2 Å². The molecule has 23 heavy (non-hydrogen) atoms. The molecule has 1 fully saturated rings. The minimum Gasteiger partial charge on any atom is -0.394 e. The maximum Gasteiger partial charge on any atom is 0.0854 e. The lowest BCUT2D eigenvalue weighted by Gasteiger charge is -2.32. The number of aryl methyl sites for hydroxylation is 1. The van der Waals surface area contributed by atoms with Gasteiger partial charge in [-0.25, -0.2) is 0 Å². The highest BCUT2D eigenvalue weighted by Gasteiger charge is 2.28. The van der Waals surface area contributed by atoms with Crippen LogP contribution in [0.5, 0.6) is 0 Å². The first-order chi connectivity index (χ1) is 11.1. The van der Waals surface area contributed by atoms with Crippen molar-refractivity contribution in [3.63, 3.8) is 0 Å². The normalized spacial score (nSPS) is 24.6. The number of hydrogen-bond acceptors (Lipinski definition) is 3. The molecular weight excluding hydrogens is 288 g/mol. The molecule has 2 aromatic rings. The highest BCUT2D eigenvalue weighted by molar-refractivity contribution is 5.32. The van der Waals surface area contributed by atoms with Crippen LogP contribution in [0.1, 0.15) is 41.2 Å². The first-order valence-corrected chi connectivity index (χ1v) is 8.23. The van der Waals surface area contributed by atoms with E-state index in [-0.39, 0.29) is 18.8 Å². The third kappa shape index (κ3) is 4.20. The number of aliphatic hydroxyl groups excluding tert-OH is 2. The summed E-state index contributed by atoms with van der Waals surface area (Å²) in [5, 5.41) is 19.3. The van der Waals surface area contributed by atoms with E-state index in [2.05, 4.69) is 43.3 Å². The third-order valence-electron chi connectivity index (χ3n) is 4.43. The van der Waals surface area contributed by atoms with Gasteiger partial charge in [-0.3, -0.25) is 0 Å². The molecule has 0 aliphatic carbocycles. The lowest BCUT2D eigenvalue weighted by molar-refractivity contribution is -0.113. The van der Waals surface area contributed by atoms with Crippen LogP contribution < -0.4 is 0 Å². The number of aliphatic hydroxyl groups is 2. The average molecular weight is 312 g/mol. The van der Waals surface area contributed by atoms with Crippen LogP contribution in [0.2, 0.25) is 0 Å². The fourth-order valence-corrected chi connectivity index (χ4v) is 3.17. The van der Waals surface area contributed by atoms with E-state index in [1.165, 1.54) is 16.7 Å². The zero-order valence-electron chi connectivity index (χ0n) is 13.5. The number of rotatable bonds is 4. The number of hydrogen-bond donors (Lipinski definition) is 2. The maximum absolute atomic E-state index is 9.98. The Morgan fingerprint density at radius 3 is 2.57 bits per heavy atom. The van der Waals surface area contributed by atoms with Crippen LogP contribution in [0.15, 0.2) is 48.5 Å². The quantitative estimate of drug-likeness (QED) is 0.912. The molecule has 1 heterocycles. The van der Waals surface area contributed by atoms with Gasteiger partial charge in [0.1, 0.15) is 0 Å². The minimum atomic E-state index is -0.411. The monoisotopic (exact) mass is 312 g/mol. The van der Waals surface area contributed by atoms with Gasteiger partial charge in [0.25, 0.3) is 0 Å². The van der Waals surface area contributed by atoms with Gasteiger partial charge in [-0.15, -0.1) is 0 Å². The molecule has 0 bridgehead atoms. The summed E-state index contributed by atoms with van der Waals surface area (Å²) in [5.41, 5.74) is 4.86. The molecule has 0 radical (unpaired) electrons. The van der Waals surface area contributed by atoms with Crippen molar-refractivity contribution < 1.29 is 14.9 Å². The summed E-state index contributed by atoms with van der Waals surface area (Å²) in [5.74, 6) is 0. The van der Waals surface area contributed by atoms with E-state index in [0.29, 0.717) is 12.8 Å². The molecule has 3 heteroatoms. The Labute approximate surface area is 137 Å². The Balaban J connectivity index is 1.75. The maximum atomic E-state index is 9.98. The summed E-state index contributed by atoms with van der Waals surface area (Å²) >= 11 is 0. The van der Waals surface area contributed by atoms with Crippen molar-refractivity contribution in [2.24, 2.45) is 0 Å². The van der Waals surface area contributed by atoms with E-state index in [9.17, 15) is 10.2 Å². The molecular formula is C20H24O3. The fourth-order valence-electron chi connectivity index (χ4n) is 3.17. The SMILES string of the molecule is Cc1ccc(Cc2cccc(C3CC(O)CC(CO)O3)c2)cc1. The van der Waals surface area contributed by atoms with Crippen molar-refractivity contribution >= 4 is 0 Å². The molecule has 3 unspecified atom stereocenters. The van der Waals surface area contributed by atoms with Gasteiger partial charge in [0.05, 0.1) is 24.9 Å². The summed E-state index contributed by atoms with van der Waals surface area (Å²) in [7, 11) is 0. The number of ether oxygens (including phenoxy) is 1. The average Bonchev–Trinajstić information content (AvgIpc) is 2.56. The summed E-state index contributed by atoms with van der Waals surface area (Å²) in [6.07, 6.45) is 1.15.